The van der Waals surface area contributed by atoms with Gasteiger partial charge in [-0.2, -0.15) is 0 Å². The van der Waals surface area contributed by atoms with E-state index in [4.69, 9.17) is 4.74 Å². The fourth-order valence-electron chi connectivity index (χ4n) is 1.57. The van der Waals surface area contributed by atoms with Crippen molar-refractivity contribution >= 4 is 17.6 Å². The van der Waals surface area contributed by atoms with E-state index in [1.807, 2.05) is 19.2 Å². The third-order valence-corrected chi connectivity index (χ3v) is 2.89. The molecule has 0 N–H and O–H groups in total. The first kappa shape index (κ1) is 10.7. The predicted molar refractivity (Wildman–Crippen MR) is 61.6 cm³/mol. The van der Waals surface area contributed by atoms with Gasteiger partial charge in [0.05, 0.1) is 13.2 Å². The molecule has 0 atom stereocenters. The van der Waals surface area contributed by atoms with Gasteiger partial charge in [0, 0.05) is 24.8 Å². The third-order valence-electron chi connectivity index (χ3n) is 2.34. The highest BCUT2D eigenvalue weighted by molar-refractivity contribution is 7.98. The highest BCUT2D eigenvalue weighted by Crippen LogP contribution is 2.18. The van der Waals surface area contributed by atoms with E-state index in [1.165, 1.54) is 0 Å². The first-order chi connectivity index (χ1) is 7.29. The molecule has 0 radical (unpaired) electrons. The fraction of sp³-hybridized carbons (Fsp3) is 0.600. The summed E-state index contributed by atoms with van der Waals surface area (Å²) in [6.07, 6.45) is 2.00. The van der Waals surface area contributed by atoms with Crippen molar-refractivity contribution in [2.24, 2.45) is 0 Å². The van der Waals surface area contributed by atoms with Gasteiger partial charge in [-0.1, -0.05) is 11.8 Å². The zero-order chi connectivity index (χ0) is 10.7. The van der Waals surface area contributed by atoms with Crippen LogP contribution in [0.5, 0.6) is 0 Å². The van der Waals surface area contributed by atoms with E-state index in [9.17, 15) is 0 Å². The van der Waals surface area contributed by atoms with E-state index in [0.717, 1.165) is 43.0 Å². The molecule has 0 spiro atoms. The molecule has 82 valence electrons. The van der Waals surface area contributed by atoms with Gasteiger partial charge >= 0.3 is 0 Å². The monoisotopic (exact) mass is 225 g/mol. The number of anilines is 1. The first-order valence-corrected chi connectivity index (χ1v) is 6.24. The van der Waals surface area contributed by atoms with Crippen LogP contribution in [0.2, 0.25) is 0 Å². The Labute approximate surface area is 94.1 Å². The number of ether oxygens (including phenoxy) is 1. The molecule has 1 aromatic heterocycles. The minimum Gasteiger partial charge on any atom is -0.378 e. The Morgan fingerprint density at radius 1 is 1.33 bits per heavy atom. The summed E-state index contributed by atoms with van der Waals surface area (Å²) in [5, 5.41) is 0.844. The van der Waals surface area contributed by atoms with Crippen LogP contribution >= 0.6 is 11.8 Å². The molecule has 0 aliphatic carbocycles. The van der Waals surface area contributed by atoms with Gasteiger partial charge < -0.3 is 9.64 Å². The van der Waals surface area contributed by atoms with E-state index >= 15 is 0 Å². The molecule has 2 heterocycles. The Morgan fingerprint density at radius 2 is 2.07 bits per heavy atom. The van der Waals surface area contributed by atoms with Crippen molar-refractivity contribution in [2.75, 3.05) is 37.5 Å². The summed E-state index contributed by atoms with van der Waals surface area (Å²) in [6.45, 7) is 5.43. The van der Waals surface area contributed by atoms with Crippen LogP contribution in [0.25, 0.3) is 0 Å². The Hall–Kier alpha value is -0.810. The number of nitrogens with zero attached hydrogens (tertiary/aromatic N) is 3. The minimum absolute atomic E-state index is 0.789. The standard InChI is InChI=1S/C10H15N3OS/c1-8-7-9(12-10(11-8)15-2)13-3-5-14-6-4-13/h7H,3-6H2,1-2H3. The summed E-state index contributed by atoms with van der Waals surface area (Å²) in [7, 11) is 0. The summed E-state index contributed by atoms with van der Waals surface area (Å²) in [6, 6.07) is 2.03. The van der Waals surface area contributed by atoms with Crippen LogP contribution in [0.1, 0.15) is 5.69 Å². The summed E-state index contributed by atoms with van der Waals surface area (Å²) < 4.78 is 5.32. The Balaban J connectivity index is 2.22. The lowest BCUT2D eigenvalue weighted by Gasteiger charge is -2.28. The molecule has 15 heavy (non-hydrogen) atoms. The molecule has 0 aromatic carbocycles. The van der Waals surface area contributed by atoms with Crippen molar-refractivity contribution < 1.29 is 4.74 Å². The van der Waals surface area contributed by atoms with E-state index in [1.54, 1.807) is 11.8 Å². The molecule has 1 fully saturated rings. The van der Waals surface area contributed by atoms with Crippen LogP contribution in [0.4, 0.5) is 5.82 Å². The van der Waals surface area contributed by atoms with Crippen molar-refractivity contribution in [1.29, 1.82) is 0 Å². The Morgan fingerprint density at radius 3 is 2.73 bits per heavy atom. The zero-order valence-corrected chi connectivity index (χ0v) is 9.88. The van der Waals surface area contributed by atoms with Crippen LogP contribution in [-0.2, 0) is 4.74 Å². The molecule has 4 nitrogen and oxygen atoms in total. The summed E-state index contributed by atoms with van der Waals surface area (Å²) in [5.41, 5.74) is 1.02. The van der Waals surface area contributed by atoms with Gasteiger partial charge in [-0.15, -0.1) is 0 Å². The third kappa shape index (κ3) is 2.60. The second-order valence-electron chi connectivity index (χ2n) is 3.45. The molecular formula is C10H15N3OS. The average Bonchev–Trinajstić information content (AvgIpc) is 2.29. The molecular weight excluding hydrogens is 210 g/mol. The number of morpholine rings is 1. The highest BCUT2D eigenvalue weighted by atomic mass is 32.2. The number of aryl methyl sites for hydroxylation is 1. The maximum absolute atomic E-state index is 5.32. The second kappa shape index (κ2) is 4.81. The van der Waals surface area contributed by atoms with Crippen LogP contribution in [0.3, 0.4) is 0 Å². The van der Waals surface area contributed by atoms with Crippen LogP contribution in [0.15, 0.2) is 11.2 Å². The van der Waals surface area contributed by atoms with Gasteiger partial charge in [-0.05, 0) is 13.2 Å². The van der Waals surface area contributed by atoms with Gasteiger partial charge in [0.25, 0.3) is 0 Å². The van der Waals surface area contributed by atoms with Crippen LogP contribution in [-0.4, -0.2) is 42.5 Å². The van der Waals surface area contributed by atoms with Crippen LogP contribution in [0, 0.1) is 6.92 Å². The van der Waals surface area contributed by atoms with Crippen molar-refractivity contribution in [3.05, 3.63) is 11.8 Å². The van der Waals surface area contributed by atoms with Crippen molar-refractivity contribution in [3.63, 3.8) is 0 Å². The van der Waals surface area contributed by atoms with Crippen molar-refractivity contribution in [3.8, 4) is 0 Å². The zero-order valence-electron chi connectivity index (χ0n) is 9.06. The molecule has 0 saturated carbocycles. The molecule has 1 aliphatic rings. The van der Waals surface area contributed by atoms with Crippen LogP contribution < -0.4 is 4.90 Å². The maximum atomic E-state index is 5.32. The highest BCUT2D eigenvalue weighted by Gasteiger charge is 2.13. The molecule has 1 aliphatic heterocycles. The first-order valence-electron chi connectivity index (χ1n) is 5.02. The number of aromatic nitrogens is 2. The van der Waals surface area contributed by atoms with E-state index in [2.05, 4.69) is 14.9 Å². The maximum Gasteiger partial charge on any atom is 0.189 e. The summed E-state index contributed by atoms with van der Waals surface area (Å²) in [4.78, 5) is 11.1. The number of hydrogen-bond donors (Lipinski definition) is 0. The molecule has 0 amide bonds. The van der Waals surface area contributed by atoms with E-state index in [-0.39, 0.29) is 0 Å². The number of thioether (sulfide) groups is 1. The summed E-state index contributed by atoms with van der Waals surface area (Å²) in [5.74, 6) is 1.02. The smallest absolute Gasteiger partial charge is 0.189 e. The number of rotatable bonds is 2. The fourth-order valence-corrected chi connectivity index (χ4v) is 1.99. The normalized spacial score (nSPS) is 16.8. The molecule has 1 saturated heterocycles. The van der Waals surface area contributed by atoms with E-state index < -0.39 is 0 Å². The SMILES string of the molecule is CSc1nc(C)cc(N2CCOCC2)n1. The molecule has 0 unspecified atom stereocenters. The van der Waals surface area contributed by atoms with Crippen molar-refractivity contribution in [2.45, 2.75) is 12.1 Å². The van der Waals surface area contributed by atoms with Gasteiger partial charge in [0.15, 0.2) is 5.16 Å². The molecule has 1 aromatic rings. The minimum atomic E-state index is 0.789. The largest absolute Gasteiger partial charge is 0.378 e. The lowest BCUT2D eigenvalue weighted by Crippen LogP contribution is -2.36. The van der Waals surface area contributed by atoms with Gasteiger partial charge in [-0.25, -0.2) is 9.97 Å². The lowest BCUT2D eigenvalue weighted by atomic mass is 10.3. The molecule has 2 rings (SSSR count). The second-order valence-corrected chi connectivity index (χ2v) is 4.23. The lowest BCUT2D eigenvalue weighted by molar-refractivity contribution is 0.122. The quantitative estimate of drug-likeness (QED) is 0.561. The predicted octanol–water partition coefficient (Wildman–Crippen LogP) is 1.34. The average molecular weight is 225 g/mol. The number of hydrogen-bond acceptors (Lipinski definition) is 5. The molecule has 0 bridgehead atoms. The molecule has 5 heteroatoms. The van der Waals surface area contributed by atoms with Gasteiger partial charge in [0.2, 0.25) is 0 Å². The van der Waals surface area contributed by atoms with Gasteiger partial charge in [-0.3, -0.25) is 0 Å². The topological polar surface area (TPSA) is 38.2 Å². The van der Waals surface area contributed by atoms with Gasteiger partial charge in [0.1, 0.15) is 5.82 Å². The summed E-state index contributed by atoms with van der Waals surface area (Å²) >= 11 is 1.58. The Kier molecular flexibility index (Phi) is 3.43. The Bertz CT molecular complexity index is 339. The van der Waals surface area contributed by atoms with E-state index in [0.29, 0.717) is 0 Å². The van der Waals surface area contributed by atoms with Crippen molar-refractivity contribution in [1.82, 2.24) is 9.97 Å².